The average Bonchev–Trinajstić information content (AvgIpc) is 2.89. The number of hydrogen-bond donors (Lipinski definition) is 2. The Morgan fingerprint density at radius 1 is 1.00 bits per heavy atom. The van der Waals surface area contributed by atoms with E-state index in [0.717, 1.165) is 24.8 Å². The van der Waals surface area contributed by atoms with Gasteiger partial charge in [0.2, 0.25) is 10.0 Å². The number of esters is 1. The Kier molecular flexibility index (Phi) is 8.82. The molecule has 0 saturated carbocycles. The molecule has 1 atom stereocenters. The van der Waals surface area contributed by atoms with E-state index in [4.69, 9.17) is 14.2 Å². The maximum atomic E-state index is 12.5. The molecule has 1 aliphatic heterocycles. The van der Waals surface area contributed by atoms with Crippen LogP contribution in [-0.4, -0.2) is 46.7 Å². The molecule has 1 heterocycles. The second kappa shape index (κ2) is 12.2. The van der Waals surface area contributed by atoms with Crippen molar-refractivity contribution in [2.45, 2.75) is 55.9 Å². The molecule has 0 bridgehead atoms. The number of amides is 1. The van der Waals surface area contributed by atoms with Gasteiger partial charge in [-0.3, -0.25) is 9.59 Å². The highest BCUT2D eigenvalue weighted by atomic mass is 32.2. The molecule has 4 rings (SSSR count). The Balaban J connectivity index is 1.10. The van der Waals surface area contributed by atoms with Crippen molar-refractivity contribution < 1.29 is 32.2 Å². The van der Waals surface area contributed by atoms with E-state index in [-0.39, 0.29) is 36.4 Å². The summed E-state index contributed by atoms with van der Waals surface area (Å²) in [5.74, 6) is 0.202. The number of benzene rings is 2. The first-order valence-electron chi connectivity index (χ1n) is 12.3. The minimum Gasteiger partial charge on any atom is -0.486 e. The molecule has 2 aromatic rings. The van der Waals surface area contributed by atoms with Crippen molar-refractivity contribution in [3.05, 3.63) is 53.6 Å². The van der Waals surface area contributed by atoms with Crippen LogP contribution >= 0.6 is 0 Å². The lowest BCUT2D eigenvalue weighted by molar-refractivity contribution is -0.148. The van der Waals surface area contributed by atoms with Gasteiger partial charge in [0.05, 0.1) is 10.9 Å². The Morgan fingerprint density at radius 2 is 1.81 bits per heavy atom. The minimum absolute atomic E-state index is 0.0490. The third-order valence-electron chi connectivity index (χ3n) is 6.24. The Morgan fingerprint density at radius 3 is 2.67 bits per heavy atom. The maximum absolute atomic E-state index is 12.5. The van der Waals surface area contributed by atoms with Gasteiger partial charge in [0.15, 0.2) is 18.1 Å². The van der Waals surface area contributed by atoms with Crippen LogP contribution in [0.3, 0.4) is 0 Å². The van der Waals surface area contributed by atoms with E-state index in [9.17, 15) is 18.0 Å². The third kappa shape index (κ3) is 6.98. The standard InChI is InChI=1S/C26H32N2O7S/c29-25(28-22-10-6-8-19-7-3-4-9-21(19)22)18-35-26(30)11-2-1-5-14-27-36(31,32)20-12-13-23-24(17-20)34-16-15-33-23/h3-4,7,9,12-13,17,22,27H,1-2,5-6,8,10-11,14-16,18H2,(H,28,29). The number of hydrogen-bond acceptors (Lipinski definition) is 7. The first-order chi connectivity index (χ1) is 17.4. The van der Waals surface area contributed by atoms with Gasteiger partial charge in [0.1, 0.15) is 13.2 Å². The number of aryl methyl sites for hydroxylation is 1. The minimum atomic E-state index is -3.67. The highest BCUT2D eigenvalue weighted by molar-refractivity contribution is 7.89. The predicted molar refractivity (Wildman–Crippen MR) is 132 cm³/mol. The molecule has 2 aliphatic rings. The first kappa shape index (κ1) is 26.0. The third-order valence-corrected chi connectivity index (χ3v) is 7.70. The molecule has 194 valence electrons. The SMILES string of the molecule is O=C(COC(=O)CCCCCNS(=O)(=O)c1ccc2c(c1)OCCO2)NC1CCCc2ccccc21. The second-order valence-corrected chi connectivity index (χ2v) is 10.7. The number of carbonyl (C=O) groups is 2. The van der Waals surface area contributed by atoms with Gasteiger partial charge >= 0.3 is 5.97 Å². The summed E-state index contributed by atoms with van der Waals surface area (Å²) in [5, 5.41) is 2.96. The summed E-state index contributed by atoms with van der Waals surface area (Å²) in [6.45, 7) is 0.767. The van der Waals surface area contributed by atoms with Gasteiger partial charge in [-0.1, -0.05) is 30.7 Å². The number of fused-ring (bicyclic) bond motifs is 2. The van der Waals surface area contributed by atoms with E-state index in [1.54, 1.807) is 6.07 Å². The summed E-state index contributed by atoms with van der Waals surface area (Å²) in [5.41, 5.74) is 2.38. The predicted octanol–water partition coefficient (Wildman–Crippen LogP) is 3.03. The Hall–Kier alpha value is -3.11. The molecule has 0 saturated heterocycles. The summed E-state index contributed by atoms with van der Waals surface area (Å²) < 4.78 is 43.5. The summed E-state index contributed by atoms with van der Waals surface area (Å²) >= 11 is 0. The second-order valence-electron chi connectivity index (χ2n) is 8.89. The molecule has 1 aliphatic carbocycles. The van der Waals surface area contributed by atoms with E-state index < -0.39 is 16.0 Å². The smallest absolute Gasteiger partial charge is 0.306 e. The molecule has 0 aromatic heterocycles. The van der Waals surface area contributed by atoms with Crippen molar-refractivity contribution >= 4 is 21.9 Å². The molecule has 0 radical (unpaired) electrons. The monoisotopic (exact) mass is 516 g/mol. The number of unbranched alkanes of at least 4 members (excludes halogenated alkanes) is 2. The lowest BCUT2D eigenvalue weighted by Crippen LogP contribution is -2.34. The van der Waals surface area contributed by atoms with Crippen LogP contribution in [0.1, 0.15) is 55.7 Å². The molecule has 0 spiro atoms. The lowest BCUT2D eigenvalue weighted by Gasteiger charge is -2.26. The van der Waals surface area contributed by atoms with Crippen LogP contribution in [0.4, 0.5) is 0 Å². The van der Waals surface area contributed by atoms with Crippen molar-refractivity contribution in [1.82, 2.24) is 10.0 Å². The van der Waals surface area contributed by atoms with Gasteiger partial charge in [-0.05, 0) is 55.4 Å². The molecule has 2 aromatic carbocycles. The molecular formula is C26H32N2O7S. The molecule has 36 heavy (non-hydrogen) atoms. The number of sulfonamides is 1. The highest BCUT2D eigenvalue weighted by Gasteiger charge is 2.22. The van der Waals surface area contributed by atoms with Crippen molar-refractivity contribution in [2.75, 3.05) is 26.4 Å². The topological polar surface area (TPSA) is 120 Å². The molecular weight excluding hydrogens is 484 g/mol. The molecule has 1 amide bonds. The molecule has 0 fully saturated rings. The fourth-order valence-electron chi connectivity index (χ4n) is 4.41. The van der Waals surface area contributed by atoms with Crippen LogP contribution in [0.25, 0.3) is 0 Å². The summed E-state index contributed by atoms with van der Waals surface area (Å²) in [6.07, 6.45) is 4.82. The van der Waals surface area contributed by atoms with Gasteiger partial charge in [-0.15, -0.1) is 0 Å². The number of carbonyl (C=O) groups excluding carboxylic acids is 2. The number of ether oxygens (including phenoxy) is 3. The highest BCUT2D eigenvalue weighted by Crippen LogP contribution is 2.32. The maximum Gasteiger partial charge on any atom is 0.306 e. The normalized spacial score (nSPS) is 16.6. The first-order valence-corrected chi connectivity index (χ1v) is 13.8. The Bertz CT molecular complexity index is 1180. The quantitative estimate of drug-likeness (QED) is 0.348. The van der Waals surface area contributed by atoms with Crippen LogP contribution in [0.5, 0.6) is 11.5 Å². The summed E-state index contributed by atoms with van der Waals surface area (Å²) in [4.78, 5) is 24.4. The number of nitrogens with one attached hydrogen (secondary N) is 2. The van der Waals surface area contributed by atoms with Gasteiger partial charge in [-0.25, -0.2) is 13.1 Å². The molecule has 10 heteroatoms. The number of rotatable bonds is 11. The van der Waals surface area contributed by atoms with Crippen LogP contribution < -0.4 is 19.5 Å². The van der Waals surface area contributed by atoms with E-state index >= 15 is 0 Å². The average molecular weight is 517 g/mol. The van der Waals surface area contributed by atoms with Crippen molar-refractivity contribution in [1.29, 1.82) is 0 Å². The van der Waals surface area contributed by atoms with E-state index in [0.29, 0.717) is 44.0 Å². The lowest BCUT2D eigenvalue weighted by atomic mass is 9.88. The fourth-order valence-corrected chi connectivity index (χ4v) is 5.50. The fraction of sp³-hybridized carbons (Fsp3) is 0.462. The Labute approximate surface area is 211 Å². The van der Waals surface area contributed by atoms with Crippen LogP contribution in [0, 0.1) is 0 Å². The van der Waals surface area contributed by atoms with E-state index in [1.165, 1.54) is 17.7 Å². The zero-order valence-electron chi connectivity index (χ0n) is 20.2. The van der Waals surface area contributed by atoms with Gasteiger partial charge in [0, 0.05) is 19.0 Å². The van der Waals surface area contributed by atoms with Crippen molar-refractivity contribution in [3.63, 3.8) is 0 Å². The van der Waals surface area contributed by atoms with Gasteiger partial charge in [0.25, 0.3) is 5.91 Å². The molecule has 1 unspecified atom stereocenters. The van der Waals surface area contributed by atoms with Crippen LogP contribution in [0.2, 0.25) is 0 Å². The molecule has 2 N–H and O–H groups in total. The summed E-state index contributed by atoms with van der Waals surface area (Å²) in [6, 6.07) is 12.5. The van der Waals surface area contributed by atoms with Crippen molar-refractivity contribution in [2.24, 2.45) is 0 Å². The zero-order valence-corrected chi connectivity index (χ0v) is 21.0. The van der Waals surface area contributed by atoms with Gasteiger partial charge < -0.3 is 19.5 Å². The largest absolute Gasteiger partial charge is 0.486 e. The zero-order chi connectivity index (χ0) is 25.4. The van der Waals surface area contributed by atoms with Gasteiger partial charge in [-0.2, -0.15) is 0 Å². The van der Waals surface area contributed by atoms with Crippen LogP contribution in [-0.2, 0) is 30.8 Å². The van der Waals surface area contributed by atoms with E-state index in [2.05, 4.69) is 16.1 Å². The molecule has 9 nitrogen and oxygen atoms in total. The van der Waals surface area contributed by atoms with E-state index in [1.807, 2.05) is 18.2 Å². The summed E-state index contributed by atoms with van der Waals surface area (Å²) in [7, 11) is -3.67. The van der Waals surface area contributed by atoms with Crippen molar-refractivity contribution in [3.8, 4) is 11.5 Å². The van der Waals surface area contributed by atoms with Crippen LogP contribution in [0.15, 0.2) is 47.4 Å².